The van der Waals surface area contributed by atoms with Crippen LogP contribution in [0, 0.1) is 6.92 Å². The molecule has 0 fully saturated rings. The minimum Gasteiger partial charge on any atom is -0.256 e. The van der Waals surface area contributed by atoms with Gasteiger partial charge in [0, 0.05) is 17.7 Å². The van der Waals surface area contributed by atoms with E-state index >= 15 is 0 Å². The number of aromatic nitrogens is 1. The fourth-order valence-electron chi connectivity index (χ4n) is 2.42. The summed E-state index contributed by atoms with van der Waals surface area (Å²) in [5.41, 5.74) is 6.58. The van der Waals surface area contributed by atoms with Gasteiger partial charge in [0.1, 0.15) is 0 Å². The van der Waals surface area contributed by atoms with Crippen molar-refractivity contribution in [3.8, 4) is 11.3 Å². The first kappa shape index (κ1) is 8.66. The second kappa shape index (κ2) is 2.93. The first-order chi connectivity index (χ1) is 7.27. The molecule has 15 heavy (non-hydrogen) atoms. The number of hydrogen-bond acceptors (Lipinski definition) is 1. The van der Waals surface area contributed by atoms with Gasteiger partial charge in [0.15, 0.2) is 0 Å². The Morgan fingerprint density at radius 3 is 2.87 bits per heavy atom. The predicted molar refractivity (Wildman–Crippen MR) is 61.9 cm³/mol. The minimum absolute atomic E-state index is 0.489. The molecule has 0 bridgehead atoms. The van der Waals surface area contributed by atoms with Crippen LogP contribution in [-0.4, -0.2) is 4.98 Å². The van der Waals surface area contributed by atoms with Gasteiger partial charge in [0.2, 0.25) is 0 Å². The van der Waals surface area contributed by atoms with E-state index in [1.807, 2.05) is 12.3 Å². The van der Waals surface area contributed by atoms with Gasteiger partial charge in [-0.1, -0.05) is 36.8 Å². The molecule has 0 saturated carbocycles. The molecule has 1 aliphatic carbocycles. The van der Waals surface area contributed by atoms with Crippen LogP contribution in [0.3, 0.4) is 0 Å². The Labute approximate surface area is 89.8 Å². The zero-order chi connectivity index (χ0) is 10.4. The van der Waals surface area contributed by atoms with Crippen molar-refractivity contribution >= 4 is 0 Å². The predicted octanol–water partition coefficient (Wildman–Crippen LogP) is 3.52. The molecule has 3 rings (SSSR count). The Morgan fingerprint density at radius 1 is 1.13 bits per heavy atom. The first-order valence-electron chi connectivity index (χ1n) is 5.33. The summed E-state index contributed by atoms with van der Waals surface area (Å²) in [6.07, 6.45) is 1.88. The van der Waals surface area contributed by atoms with Crippen molar-refractivity contribution in [3.05, 3.63) is 53.2 Å². The van der Waals surface area contributed by atoms with Crippen LogP contribution in [-0.2, 0) is 0 Å². The molecule has 0 N–H and O–H groups in total. The maximum absolute atomic E-state index is 4.48. The maximum atomic E-state index is 4.48. The molecule has 0 radical (unpaired) electrons. The Hall–Kier alpha value is -1.63. The number of nitrogens with zero attached hydrogens (tertiary/aromatic N) is 1. The van der Waals surface area contributed by atoms with Gasteiger partial charge in [-0.25, -0.2) is 0 Å². The van der Waals surface area contributed by atoms with E-state index in [4.69, 9.17) is 0 Å². The van der Waals surface area contributed by atoms with Crippen LogP contribution < -0.4 is 0 Å². The van der Waals surface area contributed by atoms with Gasteiger partial charge in [-0.05, 0) is 24.1 Å². The summed E-state index contributed by atoms with van der Waals surface area (Å²) in [6.45, 7) is 4.40. The lowest BCUT2D eigenvalue weighted by Gasteiger charge is -2.05. The summed E-state index contributed by atoms with van der Waals surface area (Å²) in [6, 6.07) is 10.8. The van der Waals surface area contributed by atoms with E-state index in [0.717, 1.165) is 0 Å². The number of benzene rings is 1. The van der Waals surface area contributed by atoms with Crippen molar-refractivity contribution in [1.82, 2.24) is 4.98 Å². The van der Waals surface area contributed by atoms with E-state index in [-0.39, 0.29) is 0 Å². The average Bonchev–Trinajstić information content (AvgIpc) is 2.54. The average molecular weight is 195 g/mol. The van der Waals surface area contributed by atoms with E-state index in [1.54, 1.807) is 0 Å². The molecule has 74 valence electrons. The Morgan fingerprint density at radius 2 is 2.00 bits per heavy atom. The van der Waals surface area contributed by atoms with E-state index in [9.17, 15) is 0 Å². The Bertz CT molecular complexity index is 529. The van der Waals surface area contributed by atoms with Crippen molar-refractivity contribution in [3.63, 3.8) is 0 Å². The molecule has 2 aromatic rings. The van der Waals surface area contributed by atoms with E-state index in [2.05, 4.69) is 43.1 Å². The number of pyridine rings is 1. The fourth-order valence-corrected chi connectivity index (χ4v) is 2.42. The number of aryl methyl sites for hydroxylation is 1. The molecule has 1 aliphatic rings. The zero-order valence-electron chi connectivity index (χ0n) is 8.99. The van der Waals surface area contributed by atoms with Gasteiger partial charge in [-0.3, -0.25) is 4.98 Å². The highest BCUT2D eigenvalue weighted by Gasteiger charge is 2.25. The first-order valence-corrected chi connectivity index (χ1v) is 5.33. The summed E-state index contributed by atoms with van der Waals surface area (Å²) in [5, 5.41) is 0. The molecule has 1 heteroatoms. The normalized spacial score (nSPS) is 17.3. The lowest BCUT2D eigenvalue weighted by molar-refractivity contribution is 0.950. The maximum Gasteiger partial charge on any atom is 0.0743 e. The monoisotopic (exact) mass is 195 g/mol. The second-order valence-electron chi connectivity index (χ2n) is 4.25. The fraction of sp³-hybridized carbons (Fsp3) is 0.214. The summed E-state index contributed by atoms with van der Waals surface area (Å²) < 4.78 is 0. The molecule has 0 saturated heterocycles. The van der Waals surface area contributed by atoms with Gasteiger partial charge in [-0.15, -0.1) is 0 Å². The van der Waals surface area contributed by atoms with Crippen molar-refractivity contribution in [2.75, 3.05) is 0 Å². The molecule has 1 nitrogen and oxygen atoms in total. The minimum atomic E-state index is 0.489. The molecule has 1 unspecified atom stereocenters. The molecule has 0 amide bonds. The smallest absolute Gasteiger partial charge is 0.0743 e. The van der Waals surface area contributed by atoms with Crippen molar-refractivity contribution in [1.29, 1.82) is 0 Å². The summed E-state index contributed by atoms with van der Waals surface area (Å²) in [7, 11) is 0. The topological polar surface area (TPSA) is 12.9 Å². The Balaban J connectivity index is 2.32. The van der Waals surface area contributed by atoms with Crippen LogP contribution in [0.2, 0.25) is 0 Å². The summed E-state index contributed by atoms with van der Waals surface area (Å²) >= 11 is 0. The zero-order valence-corrected chi connectivity index (χ0v) is 8.99. The SMILES string of the molecule is Cc1ccc2c(c1)C(C)c1cccnc1-2. The van der Waals surface area contributed by atoms with E-state index in [1.165, 1.54) is 27.9 Å². The van der Waals surface area contributed by atoms with Gasteiger partial charge < -0.3 is 0 Å². The van der Waals surface area contributed by atoms with Crippen LogP contribution in [0.15, 0.2) is 36.5 Å². The standard InChI is InChI=1S/C14H13N/c1-9-5-6-12-13(8-9)10(2)11-4-3-7-15-14(11)12/h3-8,10H,1-2H3. The highest BCUT2D eigenvalue weighted by atomic mass is 14.7. The summed E-state index contributed by atoms with van der Waals surface area (Å²) in [4.78, 5) is 4.48. The highest BCUT2D eigenvalue weighted by molar-refractivity contribution is 5.75. The van der Waals surface area contributed by atoms with Gasteiger partial charge in [0.25, 0.3) is 0 Å². The lowest BCUT2D eigenvalue weighted by atomic mass is 9.98. The number of rotatable bonds is 0. The van der Waals surface area contributed by atoms with Crippen molar-refractivity contribution in [2.24, 2.45) is 0 Å². The van der Waals surface area contributed by atoms with Gasteiger partial charge in [0.05, 0.1) is 5.69 Å². The van der Waals surface area contributed by atoms with Crippen LogP contribution in [0.25, 0.3) is 11.3 Å². The largest absolute Gasteiger partial charge is 0.256 e. The second-order valence-corrected chi connectivity index (χ2v) is 4.25. The quantitative estimate of drug-likeness (QED) is 0.626. The third-order valence-corrected chi connectivity index (χ3v) is 3.23. The molecular formula is C14H13N. The van der Waals surface area contributed by atoms with Crippen LogP contribution in [0.1, 0.15) is 29.5 Å². The van der Waals surface area contributed by atoms with Crippen molar-refractivity contribution < 1.29 is 0 Å². The molecule has 0 aliphatic heterocycles. The third-order valence-electron chi connectivity index (χ3n) is 3.23. The molecule has 1 heterocycles. The van der Waals surface area contributed by atoms with E-state index < -0.39 is 0 Å². The molecule has 0 spiro atoms. The van der Waals surface area contributed by atoms with Crippen LogP contribution >= 0.6 is 0 Å². The van der Waals surface area contributed by atoms with E-state index in [0.29, 0.717) is 5.92 Å². The molecule has 1 aromatic carbocycles. The Kier molecular flexibility index (Phi) is 1.69. The third kappa shape index (κ3) is 1.13. The summed E-state index contributed by atoms with van der Waals surface area (Å²) in [5.74, 6) is 0.489. The number of hydrogen-bond donors (Lipinski definition) is 0. The molecular weight excluding hydrogens is 182 g/mol. The van der Waals surface area contributed by atoms with Gasteiger partial charge >= 0.3 is 0 Å². The van der Waals surface area contributed by atoms with Gasteiger partial charge in [-0.2, -0.15) is 0 Å². The molecule has 1 atom stereocenters. The van der Waals surface area contributed by atoms with Crippen molar-refractivity contribution in [2.45, 2.75) is 19.8 Å². The lowest BCUT2D eigenvalue weighted by Crippen LogP contribution is -1.89. The number of fused-ring (bicyclic) bond motifs is 3. The highest BCUT2D eigenvalue weighted by Crippen LogP contribution is 2.43. The van der Waals surface area contributed by atoms with Crippen LogP contribution in [0.5, 0.6) is 0 Å². The molecule has 1 aromatic heterocycles. The van der Waals surface area contributed by atoms with Crippen LogP contribution in [0.4, 0.5) is 0 Å².